The van der Waals surface area contributed by atoms with Crippen molar-refractivity contribution in [2.75, 3.05) is 6.26 Å². The predicted octanol–water partition coefficient (Wildman–Crippen LogP) is 2.41. The molecule has 0 fully saturated rings. The maximum Gasteiger partial charge on any atom is 0.357 e. The Morgan fingerprint density at radius 3 is 2.47 bits per heavy atom. The number of nitrogens with zero attached hydrogens (tertiary/aromatic N) is 3. The quantitative estimate of drug-likeness (QED) is 0.465. The molecule has 3 rings (SSSR count). The van der Waals surface area contributed by atoms with Crippen LogP contribution in [-0.4, -0.2) is 37.6 Å². The van der Waals surface area contributed by atoms with Crippen LogP contribution in [0.5, 0.6) is 5.75 Å². The molecule has 32 heavy (non-hydrogen) atoms. The van der Waals surface area contributed by atoms with Crippen LogP contribution in [0.25, 0.3) is 0 Å². The monoisotopic (exact) mass is 482 g/mol. The van der Waals surface area contributed by atoms with Crippen LogP contribution in [0, 0.1) is 5.82 Å². The molecular weight excluding hydrogens is 459 g/mol. The van der Waals surface area contributed by atoms with Crippen molar-refractivity contribution >= 4 is 20.1 Å². The van der Waals surface area contributed by atoms with E-state index in [0.29, 0.717) is 5.69 Å². The number of hydrogen-bond donors (Lipinski definition) is 1. The molecule has 9 nitrogen and oxygen atoms in total. The van der Waals surface area contributed by atoms with Crippen LogP contribution < -0.4 is 8.91 Å². The van der Waals surface area contributed by atoms with Crippen LogP contribution in [0.2, 0.25) is 0 Å². The second-order valence-corrected chi connectivity index (χ2v) is 10.7. The summed E-state index contributed by atoms with van der Waals surface area (Å²) in [4.78, 5) is 8.63. The Kier molecular flexibility index (Phi) is 6.96. The molecule has 0 saturated carbocycles. The molecule has 1 aromatic carbocycles. The summed E-state index contributed by atoms with van der Waals surface area (Å²) in [5, 5.41) is -0.243. The second-order valence-electron chi connectivity index (χ2n) is 7.37. The topological polar surface area (TPSA) is 120 Å². The molecule has 0 atom stereocenters. The maximum absolute atomic E-state index is 13.6. The highest BCUT2D eigenvalue weighted by Gasteiger charge is 2.32. The summed E-state index contributed by atoms with van der Waals surface area (Å²) in [7, 11) is -8.03. The minimum absolute atomic E-state index is 0.00239. The maximum atomic E-state index is 13.6. The standard InChI is InChI=1S/C20H23FN4O5S2/c1-14(2)19-20(32(28,29)30-17-9-6-7-15(21)11-17)25(13-16-8-4-5-10-22-16)18(24-19)12-23-31(3,26)27/h4-11,14,23H,12-13H2,1-3H3. The van der Waals surface area contributed by atoms with Gasteiger partial charge in [-0.3, -0.25) is 4.98 Å². The molecule has 172 valence electrons. The minimum atomic E-state index is -4.46. The highest BCUT2D eigenvalue weighted by atomic mass is 32.2. The molecule has 0 aliphatic heterocycles. The van der Waals surface area contributed by atoms with E-state index in [1.54, 1.807) is 38.2 Å². The SMILES string of the molecule is CC(C)c1nc(CNS(C)(=O)=O)n(Cc2ccccn2)c1S(=O)(=O)Oc1cccc(F)c1. The normalized spacial score (nSPS) is 12.3. The average molecular weight is 483 g/mol. The van der Waals surface area contributed by atoms with Crippen molar-refractivity contribution in [1.29, 1.82) is 0 Å². The van der Waals surface area contributed by atoms with E-state index in [1.165, 1.54) is 22.8 Å². The van der Waals surface area contributed by atoms with Crippen LogP contribution in [0.4, 0.5) is 4.39 Å². The fourth-order valence-corrected chi connectivity index (χ4v) is 4.78. The fourth-order valence-electron chi connectivity index (χ4n) is 2.97. The first-order valence-electron chi connectivity index (χ1n) is 9.60. The van der Waals surface area contributed by atoms with Gasteiger partial charge in [0.1, 0.15) is 17.4 Å². The lowest BCUT2D eigenvalue weighted by Gasteiger charge is -2.14. The molecule has 0 radical (unpaired) electrons. The van der Waals surface area contributed by atoms with Crippen molar-refractivity contribution in [3.05, 3.63) is 71.7 Å². The summed E-state index contributed by atoms with van der Waals surface area (Å²) in [5.41, 5.74) is 0.727. The van der Waals surface area contributed by atoms with E-state index in [4.69, 9.17) is 4.18 Å². The number of imidazole rings is 1. The second kappa shape index (κ2) is 9.35. The van der Waals surface area contributed by atoms with Gasteiger partial charge in [0, 0.05) is 12.3 Å². The molecular formula is C20H23FN4O5S2. The first kappa shape index (κ1) is 23.8. The van der Waals surface area contributed by atoms with Crippen LogP contribution >= 0.6 is 0 Å². The largest absolute Gasteiger partial charge is 0.378 e. The van der Waals surface area contributed by atoms with Crippen molar-refractivity contribution in [3.8, 4) is 5.75 Å². The molecule has 0 aliphatic rings. The summed E-state index contributed by atoms with van der Waals surface area (Å²) in [5.74, 6) is -1.01. The smallest absolute Gasteiger partial charge is 0.357 e. The molecule has 0 amide bonds. The van der Waals surface area contributed by atoms with Crippen molar-refractivity contribution in [1.82, 2.24) is 19.3 Å². The Labute approximate surface area is 186 Å². The van der Waals surface area contributed by atoms with E-state index in [9.17, 15) is 21.2 Å². The van der Waals surface area contributed by atoms with Gasteiger partial charge in [-0.25, -0.2) is 22.5 Å². The van der Waals surface area contributed by atoms with E-state index >= 15 is 0 Å². The molecule has 1 N–H and O–H groups in total. The third-order valence-electron chi connectivity index (χ3n) is 4.35. The molecule has 2 aromatic heterocycles. The number of aromatic nitrogens is 3. The highest BCUT2D eigenvalue weighted by molar-refractivity contribution is 7.88. The van der Waals surface area contributed by atoms with Gasteiger partial charge >= 0.3 is 10.1 Å². The van der Waals surface area contributed by atoms with E-state index in [2.05, 4.69) is 14.7 Å². The summed E-state index contributed by atoms with van der Waals surface area (Å²) < 4.78 is 72.3. The van der Waals surface area contributed by atoms with Crippen LogP contribution in [-0.2, 0) is 33.2 Å². The van der Waals surface area contributed by atoms with Crippen molar-refractivity contribution in [2.24, 2.45) is 0 Å². The molecule has 0 saturated heterocycles. The zero-order valence-electron chi connectivity index (χ0n) is 17.7. The third kappa shape index (κ3) is 5.90. The summed E-state index contributed by atoms with van der Waals surface area (Å²) in [6.07, 6.45) is 2.55. The number of halogens is 1. The van der Waals surface area contributed by atoms with Crippen LogP contribution in [0.3, 0.4) is 0 Å². The molecule has 2 heterocycles. The van der Waals surface area contributed by atoms with Gasteiger partial charge in [0.2, 0.25) is 10.0 Å². The number of nitrogens with one attached hydrogen (secondary N) is 1. The summed E-state index contributed by atoms with van der Waals surface area (Å²) in [6.45, 7) is 3.27. The van der Waals surface area contributed by atoms with Gasteiger partial charge in [-0.2, -0.15) is 8.42 Å². The molecule has 0 aliphatic carbocycles. The minimum Gasteiger partial charge on any atom is -0.378 e. The van der Waals surface area contributed by atoms with Crippen LogP contribution in [0.15, 0.2) is 53.7 Å². The van der Waals surface area contributed by atoms with E-state index < -0.39 is 26.0 Å². The van der Waals surface area contributed by atoms with Gasteiger partial charge < -0.3 is 8.75 Å². The average Bonchev–Trinajstić information content (AvgIpc) is 3.06. The van der Waals surface area contributed by atoms with Gasteiger partial charge in [0.15, 0.2) is 5.03 Å². The number of pyridine rings is 1. The number of hydrogen-bond acceptors (Lipinski definition) is 7. The number of benzene rings is 1. The van der Waals surface area contributed by atoms with Gasteiger partial charge in [-0.15, -0.1) is 0 Å². The van der Waals surface area contributed by atoms with Crippen molar-refractivity contribution < 1.29 is 25.4 Å². The number of sulfonamides is 1. The lowest BCUT2D eigenvalue weighted by molar-refractivity contribution is 0.468. The fraction of sp³-hybridized carbons (Fsp3) is 0.300. The lowest BCUT2D eigenvalue weighted by atomic mass is 10.1. The molecule has 0 unspecified atom stereocenters. The van der Waals surface area contributed by atoms with Crippen molar-refractivity contribution in [2.45, 2.75) is 37.9 Å². The molecule has 0 spiro atoms. The first-order valence-corrected chi connectivity index (χ1v) is 12.9. The summed E-state index contributed by atoms with van der Waals surface area (Å²) >= 11 is 0. The van der Waals surface area contributed by atoms with Gasteiger partial charge in [0.25, 0.3) is 0 Å². The molecule has 12 heteroatoms. The Morgan fingerprint density at radius 2 is 1.88 bits per heavy atom. The third-order valence-corrected chi connectivity index (χ3v) is 6.33. The Hall–Kier alpha value is -2.83. The first-order chi connectivity index (χ1) is 15.0. The van der Waals surface area contributed by atoms with Gasteiger partial charge in [0.05, 0.1) is 30.7 Å². The zero-order chi connectivity index (χ0) is 23.5. The zero-order valence-corrected chi connectivity index (χ0v) is 19.3. The lowest BCUT2D eigenvalue weighted by Crippen LogP contribution is -2.25. The van der Waals surface area contributed by atoms with Gasteiger partial charge in [-0.1, -0.05) is 26.0 Å². The Morgan fingerprint density at radius 1 is 1.12 bits per heavy atom. The molecule has 0 bridgehead atoms. The van der Waals surface area contributed by atoms with Gasteiger partial charge in [-0.05, 0) is 30.2 Å². The Balaban J connectivity index is 2.15. The predicted molar refractivity (Wildman–Crippen MR) is 116 cm³/mol. The highest BCUT2D eigenvalue weighted by Crippen LogP contribution is 2.29. The van der Waals surface area contributed by atoms with Crippen LogP contribution in [0.1, 0.15) is 37.0 Å². The molecule has 3 aromatic rings. The Bertz CT molecular complexity index is 1310. The van der Waals surface area contributed by atoms with E-state index in [-0.39, 0.29) is 41.3 Å². The van der Waals surface area contributed by atoms with E-state index in [0.717, 1.165) is 12.3 Å². The van der Waals surface area contributed by atoms with Crippen molar-refractivity contribution in [3.63, 3.8) is 0 Å². The summed E-state index contributed by atoms with van der Waals surface area (Å²) in [6, 6.07) is 9.93. The number of rotatable bonds is 9. The van der Waals surface area contributed by atoms with E-state index in [1.807, 2.05) is 0 Å².